The number of sulfonamides is 1. The molecule has 2 rings (SSSR count). The van der Waals surface area contributed by atoms with Crippen LogP contribution in [0.3, 0.4) is 0 Å². The molecule has 0 heterocycles. The fourth-order valence-electron chi connectivity index (χ4n) is 3.29. The Morgan fingerprint density at radius 3 is 2.22 bits per heavy atom. The summed E-state index contributed by atoms with van der Waals surface area (Å²) in [5, 5.41) is 3.62. The number of hydrogen-bond acceptors (Lipinski definition) is 3. The number of anilines is 1. The number of halogens is 3. The van der Waals surface area contributed by atoms with Gasteiger partial charge in [0.05, 0.1) is 33.6 Å². The first kappa shape index (κ1) is 26.8. The van der Waals surface area contributed by atoms with Gasteiger partial charge >= 0.3 is 0 Å². The maximum atomic E-state index is 12.5. The van der Waals surface area contributed by atoms with Gasteiger partial charge in [-0.15, -0.1) is 0 Å². The van der Waals surface area contributed by atoms with E-state index in [4.69, 9.17) is 34.8 Å². The molecule has 1 N–H and O–H groups in total. The van der Waals surface area contributed by atoms with Crippen molar-refractivity contribution in [3.05, 3.63) is 62.6 Å². The van der Waals surface area contributed by atoms with Gasteiger partial charge in [0.25, 0.3) is 5.91 Å². The minimum absolute atomic E-state index is 0.0351. The fourth-order valence-corrected chi connectivity index (χ4v) is 4.88. The Hall–Kier alpha value is -1.47. The Labute approximate surface area is 206 Å². The highest BCUT2D eigenvalue weighted by atomic mass is 35.5. The van der Waals surface area contributed by atoms with Crippen LogP contribution >= 0.6 is 34.8 Å². The van der Waals surface area contributed by atoms with Crippen molar-refractivity contribution in [1.82, 2.24) is 5.32 Å². The Morgan fingerprint density at radius 1 is 1.03 bits per heavy atom. The third-order valence-electron chi connectivity index (χ3n) is 5.30. The van der Waals surface area contributed by atoms with E-state index in [9.17, 15) is 13.2 Å². The predicted octanol–water partition coefficient (Wildman–Crippen LogP) is 6.56. The van der Waals surface area contributed by atoms with Crippen LogP contribution in [0.25, 0.3) is 0 Å². The maximum Gasteiger partial charge on any atom is 0.251 e. The van der Waals surface area contributed by atoms with E-state index in [0.29, 0.717) is 23.6 Å². The lowest BCUT2D eigenvalue weighted by atomic mass is 9.99. The molecule has 0 spiro atoms. The smallest absolute Gasteiger partial charge is 0.251 e. The van der Waals surface area contributed by atoms with Crippen molar-refractivity contribution >= 4 is 56.4 Å². The molecule has 2 aromatic rings. The van der Waals surface area contributed by atoms with Gasteiger partial charge in [-0.25, -0.2) is 8.42 Å². The molecule has 0 unspecified atom stereocenters. The first-order valence-electron chi connectivity index (χ1n) is 10.6. The van der Waals surface area contributed by atoms with Crippen LogP contribution in [0.1, 0.15) is 55.5 Å². The normalized spacial score (nSPS) is 12.4. The van der Waals surface area contributed by atoms with Crippen LogP contribution in [-0.4, -0.2) is 27.1 Å². The van der Waals surface area contributed by atoms with Crippen molar-refractivity contribution in [3.63, 3.8) is 0 Å². The largest absolute Gasteiger partial charge is 0.352 e. The van der Waals surface area contributed by atoms with Crippen molar-refractivity contribution in [3.8, 4) is 0 Å². The number of hydrogen-bond donors (Lipinski definition) is 1. The van der Waals surface area contributed by atoms with E-state index < -0.39 is 10.0 Å². The number of amides is 1. The minimum atomic E-state index is -3.66. The molecule has 0 fully saturated rings. The molecule has 0 aromatic heterocycles. The van der Waals surface area contributed by atoms with Crippen LogP contribution in [0.5, 0.6) is 0 Å². The number of nitrogens with one attached hydrogen (secondary N) is 1. The van der Waals surface area contributed by atoms with Crippen molar-refractivity contribution in [2.75, 3.05) is 17.1 Å². The summed E-state index contributed by atoms with van der Waals surface area (Å²) in [4.78, 5) is 12.5. The number of rotatable bonds is 11. The molecule has 5 nitrogen and oxygen atoms in total. The van der Waals surface area contributed by atoms with Gasteiger partial charge in [-0.1, -0.05) is 80.0 Å². The molecule has 1 atom stereocenters. The summed E-state index contributed by atoms with van der Waals surface area (Å²) in [7, 11) is -3.66. The first-order valence-corrected chi connectivity index (χ1v) is 13.5. The van der Waals surface area contributed by atoms with Gasteiger partial charge in [0.2, 0.25) is 10.0 Å². The Balaban J connectivity index is 2.14. The fraction of sp³-hybridized carbons (Fsp3) is 0.435. The summed E-state index contributed by atoms with van der Waals surface area (Å²) in [5.74, 6) is 0.330. The van der Waals surface area contributed by atoms with E-state index in [1.54, 1.807) is 24.3 Å². The molecule has 0 aliphatic heterocycles. The molecule has 0 bridgehead atoms. The molecule has 0 radical (unpaired) electrons. The molecule has 176 valence electrons. The van der Waals surface area contributed by atoms with E-state index >= 15 is 0 Å². The molecule has 0 aliphatic rings. The quantitative estimate of drug-likeness (QED) is 0.342. The number of unbranched alkanes of at least 4 members (excludes halogenated alkanes) is 1. The summed E-state index contributed by atoms with van der Waals surface area (Å²) in [6, 6.07) is 9.68. The number of nitrogens with zero attached hydrogens (tertiary/aromatic N) is 1. The second kappa shape index (κ2) is 12.1. The van der Waals surface area contributed by atoms with Crippen LogP contribution in [0.15, 0.2) is 36.4 Å². The van der Waals surface area contributed by atoms with Crippen LogP contribution in [0.2, 0.25) is 15.1 Å². The van der Waals surface area contributed by atoms with E-state index in [1.807, 2.05) is 0 Å². The Morgan fingerprint density at radius 2 is 1.66 bits per heavy atom. The molecular formula is C23H29Cl3N2O3S. The Kier molecular flexibility index (Phi) is 10.1. The number of benzene rings is 2. The third kappa shape index (κ3) is 7.55. The lowest BCUT2D eigenvalue weighted by Gasteiger charge is -2.24. The summed E-state index contributed by atoms with van der Waals surface area (Å²) in [5.41, 5.74) is 1.46. The highest BCUT2D eigenvalue weighted by Crippen LogP contribution is 2.36. The molecule has 0 saturated heterocycles. The number of carbonyl (C=O) groups excluding carboxylic acids is 1. The first-order chi connectivity index (χ1) is 15.1. The summed E-state index contributed by atoms with van der Waals surface area (Å²) < 4.78 is 26.0. The molecule has 0 aliphatic carbocycles. The molecular weight excluding hydrogens is 491 g/mol. The van der Waals surface area contributed by atoms with Crippen LogP contribution in [-0.2, 0) is 16.6 Å². The van der Waals surface area contributed by atoms with Crippen molar-refractivity contribution in [2.45, 2.75) is 46.1 Å². The van der Waals surface area contributed by atoms with E-state index in [-0.39, 0.29) is 33.2 Å². The zero-order valence-electron chi connectivity index (χ0n) is 18.5. The predicted molar refractivity (Wildman–Crippen MR) is 135 cm³/mol. The van der Waals surface area contributed by atoms with E-state index in [2.05, 4.69) is 19.2 Å². The van der Waals surface area contributed by atoms with Crippen LogP contribution < -0.4 is 9.62 Å². The standard InChI is InChI=1S/C23H29Cl3N2O3S/c1-4-6-7-16(5-2)14-27-23(29)18-10-8-17(9-11-18)15-28(32(3,30)31)22-13-20(25)19(24)12-21(22)26/h8-13,16H,4-7,14-15H2,1-3H3,(H,27,29)/t16-/m0/s1. The highest BCUT2D eigenvalue weighted by Gasteiger charge is 2.22. The maximum absolute atomic E-state index is 12.5. The van der Waals surface area contributed by atoms with Crippen LogP contribution in [0, 0.1) is 5.92 Å². The lowest BCUT2D eigenvalue weighted by molar-refractivity contribution is 0.0946. The average molecular weight is 520 g/mol. The zero-order valence-corrected chi connectivity index (χ0v) is 21.6. The zero-order chi connectivity index (χ0) is 23.9. The molecule has 0 saturated carbocycles. The summed E-state index contributed by atoms with van der Waals surface area (Å²) in [6.07, 6.45) is 5.52. The highest BCUT2D eigenvalue weighted by molar-refractivity contribution is 7.92. The number of carbonyl (C=O) groups is 1. The molecule has 9 heteroatoms. The van der Waals surface area contributed by atoms with Gasteiger partial charge in [0.15, 0.2) is 0 Å². The van der Waals surface area contributed by atoms with Crippen LogP contribution in [0.4, 0.5) is 5.69 Å². The van der Waals surface area contributed by atoms with Crippen molar-refractivity contribution in [2.24, 2.45) is 5.92 Å². The topological polar surface area (TPSA) is 66.5 Å². The average Bonchev–Trinajstić information content (AvgIpc) is 2.74. The summed E-state index contributed by atoms with van der Waals surface area (Å²) in [6.45, 7) is 4.98. The molecule has 1 amide bonds. The second-order valence-corrected chi connectivity index (χ2v) is 10.9. The van der Waals surface area contributed by atoms with Gasteiger partial charge < -0.3 is 5.32 Å². The van der Waals surface area contributed by atoms with Gasteiger partial charge in [0.1, 0.15) is 0 Å². The van der Waals surface area contributed by atoms with Crippen molar-refractivity contribution in [1.29, 1.82) is 0 Å². The van der Waals surface area contributed by atoms with E-state index in [1.165, 1.54) is 12.1 Å². The van der Waals surface area contributed by atoms with E-state index in [0.717, 1.165) is 36.2 Å². The van der Waals surface area contributed by atoms with Gasteiger partial charge in [-0.3, -0.25) is 9.10 Å². The van der Waals surface area contributed by atoms with Gasteiger partial charge in [0, 0.05) is 12.1 Å². The molecule has 32 heavy (non-hydrogen) atoms. The van der Waals surface area contributed by atoms with Gasteiger partial charge in [-0.2, -0.15) is 0 Å². The van der Waals surface area contributed by atoms with Gasteiger partial charge in [-0.05, 0) is 42.2 Å². The SMILES string of the molecule is CCCC[C@H](CC)CNC(=O)c1ccc(CN(c2cc(Cl)c(Cl)cc2Cl)S(C)(=O)=O)cc1. The third-order valence-corrected chi connectivity index (χ3v) is 7.45. The molecule has 2 aromatic carbocycles. The lowest BCUT2D eigenvalue weighted by Crippen LogP contribution is -2.30. The minimum Gasteiger partial charge on any atom is -0.352 e. The second-order valence-electron chi connectivity index (χ2n) is 7.81. The summed E-state index contributed by atoms with van der Waals surface area (Å²) >= 11 is 18.3. The van der Waals surface area contributed by atoms with Crippen molar-refractivity contribution < 1.29 is 13.2 Å². The monoisotopic (exact) mass is 518 g/mol. The Bertz CT molecular complexity index is 1030.